The fourth-order valence-electron chi connectivity index (χ4n) is 3.09. The molecule has 0 radical (unpaired) electrons. The highest BCUT2D eigenvalue weighted by Crippen LogP contribution is 2.40. The van der Waals surface area contributed by atoms with Crippen molar-refractivity contribution in [3.63, 3.8) is 0 Å². The predicted molar refractivity (Wildman–Crippen MR) is 75.6 cm³/mol. The quantitative estimate of drug-likeness (QED) is 0.579. The van der Waals surface area contributed by atoms with Crippen molar-refractivity contribution in [1.29, 1.82) is 0 Å². The molecule has 1 nitrogen and oxygen atoms in total. The predicted octanol–water partition coefficient (Wildman–Crippen LogP) is 3.97. The molecule has 0 aromatic carbocycles. The van der Waals surface area contributed by atoms with Crippen molar-refractivity contribution < 1.29 is 0 Å². The molecular formula is C16H29N. The van der Waals surface area contributed by atoms with Gasteiger partial charge in [-0.15, -0.1) is 12.3 Å². The molecule has 17 heavy (non-hydrogen) atoms. The molecule has 1 aliphatic carbocycles. The van der Waals surface area contributed by atoms with E-state index in [-0.39, 0.29) is 0 Å². The summed E-state index contributed by atoms with van der Waals surface area (Å²) in [6.45, 7) is 7.10. The minimum Gasteiger partial charge on any atom is -0.327 e. The Hall–Kier alpha value is -0.480. The third-order valence-electron chi connectivity index (χ3n) is 4.46. The summed E-state index contributed by atoms with van der Waals surface area (Å²) in [4.78, 5) is 0. The van der Waals surface area contributed by atoms with Crippen molar-refractivity contribution in [2.24, 2.45) is 23.0 Å². The Labute approximate surface area is 108 Å². The van der Waals surface area contributed by atoms with E-state index in [2.05, 4.69) is 26.7 Å². The smallest absolute Gasteiger partial charge is 0.00866 e. The minimum absolute atomic E-state index is 0.379. The summed E-state index contributed by atoms with van der Waals surface area (Å²) in [5.74, 6) is 4.33. The van der Waals surface area contributed by atoms with Crippen LogP contribution in [0.4, 0.5) is 0 Å². The SMILES string of the molecule is C#CCCCC(N)C1CCC(C(C)(C)C)CC1. The number of hydrogen-bond donors (Lipinski definition) is 1. The number of nitrogens with two attached hydrogens (primary N) is 1. The van der Waals surface area contributed by atoms with Gasteiger partial charge in [-0.2, -0.15) is 0 Å². The van der Waals surface area contributed by atoms with Gasteiger partial charge < -0.3 is 5.73 Å². The fourth-order valence-corrected chi connectivity index (χ4v) is 3.09. The van der Waals surface area contributed by atoms with Gasteiger partial charge in [0.1, 0.15) is 0 Å². The molecule has 0 aliphatic heterocycles. The van der Waals surface area contributed by atoms with Gasteiger partial charge in [-0.3, -0.25) is 0 Å². The molecule has 1 heteroatoms. The molecule has 2 N–H and O–H groups in total. The molecule has 0 aromatic rings. The van der Waals surface area contributed by atoms with Crippen LogP contribution in [-0.2, 0) is 0 Å². The first kappa shape index (κ1) is 14.6. The molecule has 0 heterocycles. The zero-order chi connectivity index (χ0) is 12.9. The normalized spacial score (nSPS) is 27.5. The van der Waals surface area contributed by atoms with Crippen LogP contribution in [0.25, 0.3) is 0 Å². The largest absolute Gasteiger partial charge is 0.327 e. The Morgan fingerprint density at radius 1 is 1.24 bits per heavy atom. The summed E-state index contributed by atoms with van der Waals surface area (Å²) in [5.41, 5.74) is 6.75. The maximum atomic E-state index is 6.28. The van der Waals surface area contributed by atoms with Gasteiger partial charge in [0, 0.05) is 12.5 Å². The first-order valence-electron chi connectivity index (χ1n) is 7.14. The summed E-state index contributed by atoms with van der Waals surface area (Å²) in [5, 5.41) is 0. The van der Waals surface area contributed by atoms with E-state index < -0.39 is 0 Å². The van der Waals surface area contributed by atoms with Crippen LogP contribution in [0.1, 0.15) is 65.7 Å². The lowest BCUT2D eigenvalue weighted by Crippen LogP contribution is -2.35. The highest BCUT2D eigenvalue weighted by Gasteiger charge is 2.31. The molecule has 0 aromatic heterocycles. The molecule has 0 spiro atoms. The second-order valence-corrected chi connectivity index (χ2v) is 6.74. The van der Waals surface area contributed by atoms with Gasteiger partial charge in [-0.1, -0.05) is 20.8 Å². The molecule has 0 amide bonds. The van der Waals surface area contributed by atoms with Crippen LogP contribution >= 0.6 is 0 Å². The van der Waals surface area contributed by atoms with E-state index in [1.165, 1.54) is 25.7 Å². The number of hydrogen-bond acceptors (Lipinski definition) is 1. The van der Waals surface area contributed by atoms with E-state index in [4.69, 9.17) is 12.2 Å². The number of rotatable bonds is 4. The molecule has 1 rings (SSSR count). The lowest BCUT2D eigenvalue weighted by molar-refractivity contribution is 0.137. The Morgan fingerprint density at radius 2 is 1.82 bits per heavy atom. The molecule has 1 aliphatic rings. The maximum Gasteiger partial charge on any atom is 0.00866 e. The van der Waals surface area contributed by atoms with Crippen LogP contribution in [0.3, 0.4) is 0 Å². The third-order valence-corrected chi connectivity index (χ3v) is 4.46. The van der Waals surface area contributed by atoms with Gasteiger partial charge in [0.25, 0.3) is 0 Å². The highest BCUT2D eigenvalue weighted by atomic mass is 14.6. The van der Waals surface area contributed by atoms with Gasteiger partial charge >= 0.3 is 0 Å². The van der Waals surface area contributed by atoms with E-state index in [1.54, 1.807) is 0 Å². The average Bonchev–Trinajstić information content (AvgIpc) is 2.28. The zero-order valence-electron chi connectivity index (χ0n) is 11.8. The Morgan fingerprint density at radius 3 is 2.29 bits per heavy atom. The zero-order valence-corrected chi connectivity index (χ0v) is 11.8. The second kappa shape index (κ2) is 6.45. The standard InChI is InChI=1S/C16H29N/c1-5-6-7-8-15(17)13-9-11-14(12-10-13)16(2,3)4/h1,13-15H,6-12,17H2,2-4H3. The van der Waals surface area contributed by atoms with Crippen molar-refractivity contribution in [3.05, 3.63) is 0 Å². The summed E-state index contributed by atoms with van der Waals surface area (Å²) >= 11 is 0. The van der Waals surface area contributed by atoms with Crippen molar-refractivity contribution in [2.45, 2.75) is 71.8 Å². The lowest BCUT2D eigenvalue weighted by Gasteiger charge is -2.38. The van der Waals surface area contributed by atoms with Crippen molar-refractivity contribution in [3.8, 4) is 12.3 Å². The Balaban J connectivity index is 2.29. The van der Waals surface area contributed by atoms with Crippen molar-refractivity contribution in [1.82, 2.24) is 0 Å². The molecule has 0 saturated heterocycles. The van der Waals surface area contributed by atoms with E-state index >= 15 is 0 Å². The van der Waals surface area contributed by atoms with Crippen LogP contribution in [-0.4, -0.2) is 6.04 Å². The van der Waals surface area contributed by atoms with Crippen molar-refractivity contribution in [2.75, 3.05) is 0 Å². The molecule has 98 valence electrons. The molecule has 1 saturated carbocycles. The lowest BCUT2D eigenvalue weighted by atomic mass is 9.68. The average molecular weight is 235 g/mol. The summed E-state index contributed by atoms with van der Waals surface area (Å²) in [6.07, 6.45) is 13.7. The van der Waals surface area contributed by atoms with Crippen LogP contribution in [0.5, 0.6) is 0 Å². The van der Waals surface area contributed by atoms with E-state index in [0.29, 0.717) is 11.5 Å². The highest BCUT2D eigenvalue weighted by molar-refractivity contribution is 4.87. The Kier molecular flexibility index (Phi) is 5.53. The van der Waals surface area contributed by atoms with Gasteiger partial charge in [0.15, 0.2) is 0 Å². The third kappa shape index (κ3) is 4.72. The summed E-state index contributed by atoms with van der Waals surface area (Å²) in [6, 6.07) is 0.379. The minimum atomic E-state index is 0.379. The summed E-state index contributed by atoms with van der Waals surface area (Å²) in [7, 11) is 0. The monoisotopic (exact) mass is 235 g/mol. The topological polar surface area (TPSA) is 26.0 Å². The van der Waals surface area contributed by atoms with Gasteiger partial charge in [-0.05, 0) is 55.8 Å². The van der Waals surface area contributed by atoms with E-state index in [0.717, 1.165) is 31.1 Å². The molecule has 0 bridgehead atoms. The van der Waals surface area contributed by atoms with E-state index in [1.807, 2.05) is 0 Å². The number of terminal acetylenes is 1. The number of unbranched alkanes of at least 4 members (excludes halogenated alkanes) is 1. The van der Waals surface area contributed by atoms with Crippen LogP contribution in [0.2, 0.25) is 0 Å². The van der Waals surface area contributed by atoms with Gasteiger partial charge in [-0.25, -0.2) is 0 Å². The van der Waals surface area contributed by atoms with Crippen LogP contribution < -0.4 is 5.73 Å². The van der Waals surface area contributed by atoms with Gasteiger partial charge in [0.05, 0.1) is 0 Å². The van der Waals surface area contributed by atoms with Gasteiger partial charge in [0.2, 0.25) is 0 Å². The summed E-state index contributed by atoms with van der Waals surface area (Å²) < 4.78 is 0. The van der Waals surface area contributed by atoms with Crippen molar-refractivity contribution >= 4 is 0 Å². The van der Waals surface area contributed by atoms with E-state index in [9.17, 15) is 0 Å². The first-order chi connectivity index (χ1) is 7.95. The fraction of sp³-hybridized carbons (Fsp3) is 0.875. The molecule has 1 unspecified atom stereocenters. The molecule has 1 atom stereocenters. The second-order valence-electron chi connectivity index (χ2n) is 6.74. The Bertz CT molecular complexity index is 248. The van der Waals surface area contributed by atoms with Crippen LogP contribution in [0, 0.1) is 29.6 Å². The first-order valence-corrected chi connectivity index (χ1v) is 7.14. The molecule has 1 fully saturated rings. The maximum absolute atomic E-state index is 6.28. The molecular weight excluding hydrogens is 206 g/mol. The van der Waals surface area contributed by atoms with Crippen LogP contribution in [0.15, 0.2) is 0 Å².